The number of phosphoric acid groups is 1. The van der Waals surface area contributed by atoms with Crippen molar-refractivity contribution < 1.29 is 37.3 Å². The normalized spacial score (nSPS) is 14.3. The van der Waals surface area contributed by atoms with Crippen molar-refractivity contribution in [2.75, 3.05) is 40.9 Å². The monoisotopic (exact) mass is 1090 g/mol. The number of carbonyl (C=O) groups is 2. The lowest BCUT2D eigenvalue weighted by atomic mass is 10.0. The zero-order valence-corrected chi connectivity index (χ0v) is 51.5. The van der Waals surface area contributed by atoms with Gasteiger partial charge in [-0.25, -0.2) is 0 Å². The molecule has 3 atom stereocenters. The summed E-state index contributed by atoms with van der Waals surface area (Å²) in [7, 11) is 1.15. The predicted octanol–water partition coefficient (Wildman–Crippen LogP) is 18.9. The fourth-order valence-electron chi connectivity index (χ4n) is 8.57. The van der Waals surface area contributed by atoms with Crippen molar-refractivity contribution in [1.29, 1.82) is 0 Å². The zero-order valence-electron chi connectivity index (χ0n) is 50.6. The van der Waals surface area contributed by atoms with E-state index < -0.39 is 26.6 Å². The molecule has 1 N–H and O–H groups in total. The molecule has 3 unspecified atom stereocenters. The number of rotatable bonds is 56. The van der Waals surface area contributed by atoms with E-state index in [1.54, 1.807) is 0 Å². The lowest BCUT2D eigenvalue weighted by Gasteiger charge is -2.30. The molecule has 0 fully saturated rings. The van der Waals surface area contributed by atoms with Crippen LogP contribution in [0.25, 0.3) is 0 Å². The Bertz CT molecular complexity index is 1640. The molecule has 0 aromatic heterocycles. The molecule has 0 radical (unpaired) electrons. The number of esters is 1. The van der Waals surface area contributed by atoms with E-state index >= 15 is 0 Å². The van der Waals surface area contributed by atoms with Gasteiger partial charge < -0.3 is 28.5 Å². The number of likely N-dealkylation sites (N-methyl/N-ethyl adjacent to an activating group) is 1. The van der Waals surface area contributed by atoms with Gasteiger partial charge in [-0.3, -0.25) is 14.2 Å². The summed E-state index contributed by atoms with van der Waals surface area (Å²) in [6.45, 7) is 6.75. The van der Waals surface area contributed by atoms with Crippen molar-refractivity contribution in [1.82, 2.24) is 5.32 Å². The summed E-state index contributed by atoms with van der Waals surface area (Å²) in [5.41, 5.74) is 0. The summed E-state index contributed by atoms with van der Waals surface area (Å²) in [6.07, 6.45) is 75.1. The second-order valence-corrected chi connectivity index (χ2v) is 23.6. The first-order chi connectivity index (χ1) is 37.4. The Labute approximate surface area is 475 Å². The lowest BCUT2D eigenvalue weighted by molar-refractivity contribution is -0.870. The van der Waals surface area contributed by atoms with Crippen molar-refractivity contribution in [3.8, 4) is 0 Å². The van der Waals surface area contributed by atoms with E-state index in [9.17, 15) is 19.0 Å². The van der Waals surface area contributed by atoms with Crippen LogP contribution in [0.15, 0.2) is 97.2 Å². The summed E-state index contributed by atoms with van der Waals surface area (Å²) in [5, 5.41) is 3.01. The van der Waals surface area contributed by atoms with Crippen LogP contribution in [-0.4, -0.2) is 69.4 Å². The van der Waals surface area contributed by atoms with Gasteiger partial charge in [0.2, 0.25) is 5.91 Å². The van der Waals surface area contributed by atoms with Crippen molar-refractivity contribution in [2.45, 2.75) is 277 Å². The number of allylic oxidation sites excluding steroid dienone is 15. The van der Waals surface area contributed by atoms with Crippen LogP contribution in [0.5, 0.6) is 0 Å². The number of phosphoric ester groups is 1. The maximum Gasteiger partial charge on any atom is 0.306 e. The second kappa shape index (κ2) is 56.2. The average Bonchev–Trinajstić information content (AvgIpc) is 3.39. The Hall–Kier alpha value is -3.07. The minimum Gasteiger partial charge on any atom is -0.756 e. The first-order valence-corrected chi connectivity index (χ1v) is 33.0. The van der Waals surface area contributed by atoms with Gasteiger partial charge in [-0.2, -0.15) is 0 Å². The van der Waals surface area contributed by atoms with E-state index in [-0.39, 0.29) is 31.3 Å². The van der Waals surface area contributed by atoms with Crippen LogP contribution >= 0.6 is 7.82 Å². The minimum atomic E-state index is -4.72. The molecular formula is C67H119N2O7P. The molecule has 444 valence electrons. The SMILES string of the molecule is CCCCC/C=C\C/C=C\C/C=C\C/C=C\CCCCCCCC(=O)OC(/C=C/CCCCCCCCCCCCC)C(COP(=O)([O-])OCC[N+](C)(C)C)NC(=O)CCCCCC/C=C\C/C=C\C/C=C\CCCCC. The number of nitrogens with one attached hydrogen (secondary N) is 1. The van der Waals surface area contributed by atoms with Crippen LogP contribution in [0.1, 0.15) is 265 Å². The molecule has 0 rings (SSSR count). The summed E-state index contributed by atoms with van der Waals surface area (Å²) in [4.78, 5) is 40.0. The Morgan fingerprint density at radius 3 is 1.21 bits per heavy atom. The van der Waals surface area contributed by atoms with E-state index in [1.165, 1.54) is 109 Å². The summed E-state index contributed by atoms with van der Waals surface area (Å²) in [6, 6.07) is -0.914. The predicted molar refractivity (Wildman–Crippen MR) is 330 cm³/mol. The zero-order chi connectivity index (χ0) is 56.4. The van der Waals surface area contributed by atoms with Gasteiger partial charge in [0.1, 0.15) is 19.3 Å². The molecule has 0 aromatic carbocycles. The van der Waals surface area contributed by atoms with E-state index in [0.29, 0.717) is 23.9 Å². The second-order valence-electron chi connectivity index (χ2n) is 22.2. The molecule has 0 spiro atoms. The smallest absolute Gasteiger partial charge is 0.306 e. The molecule has 0 saturated heterocycles. The molecular weight excluding hydrogens is 976 g/mol. The third-order valence-electron chi connectivity index (χ3n) is 13.5. The van der Waals surface area contributed by atoms with E-state index in [2.05, 4.69) is 111 Å². The fourth-order valence-corrected chi connectivity index (χ4v) is 9.29. The number of quaternary nitrogens is 1. The Balaban J connectivity index is 5.36. The third kappa shape index (κ3) is 57.4. The van der Waals surface area contributed by atoms with Crippen LogP contribution in [0.4, 0.5) is 0 Å². The van der Waals surface area contributed by atoms with Gasteiger partial charge in [-0.05, 0) is 115 Å². The molecule has 0 aliphatic rings. The van der Waals surface area contributed by atoms with Crippen LogP contribution in [-0.2, 0) is 27.9 Å². The topological polar surface area (TPSA) is 114 Å². The first-order valence-electron chi connectivity index (χ1n) is 31.5. The first kappa shape index (κ1) is 73.9. The quantitative estimate of drug-likeness (QED) is 0.0212. The largest absolute Gasteiger partial charge is 0.756 e. The molecule has 1 amide bonds. The van der Waals surface area contributed by atoms with Gasteiger partial charge in [0.05, 0.1) is 33.8 Å². The van der Waals surface area contributed by atoms with Gasteiger partial charge in [0.25, 0.3) is 7.82 Å². The number of hydrogen-bond acceptors (Lipinski definition) is 7. The van der Waals surface area contributed by atoms with Crippen LogP contribution < -0.4 is 10.2 Å². The lowest BCUT2D eigenvalue weighted by Crippen LogP contribution is -2.47. The molecule has 10 heteroatoms. The van der Waals surface area contributed by atoms with Crippen molar-refractivity contribution in [3.05, 3.63) is 97.2 Å². The number of ether oxygens (including phenoxy) is 1. The number of unbranched alkanes of at least 4 members (excludes halogenated alkanes) is 26. The fraction of sp³-hybridized carbons (Fsp3) is 0.731. The maximum absolute atomic E-state index is 13.5. The van der Waals surface area contributed by atoms with E-state index in [1.807, 2.05) is 33.3 Å². The number of hydrogen-bond donors (Lipinski definition) is 1. The highest BCUT2D eigenvalue weighted by Gasteiger charge is 2.27. The molecule has 0 saturated carbocycles. The Kier molecular flexibility index (Phi) is 54.0. The highest BCUT2D eigenvalue weighted by Crippen LogP contribution is 2.38. The number of nitrogens with zero attached hydrogens (tertiary/aromatic N) is 1. The Morgan fingerprint density at radius 1 is 0.455 bits per heavy atom. The number of carbonyl (C=O) groups excluding carboxylic acids is 2. The highest BCUT2D eigenvalue weighted by atomic mass is 31.2. The standard InChI is InChI=1S/C67H119N2O7P/c1-7-10-13-16-19-22-25-28-30-32-33-34-35-37-39-42-45-48-51-54-57-60-67(71)76-65(58-55-52-49-46-43-40-27-24-21-18-15-12-9-3)64(63-75-77(72,73)74-62-61-69(4,5)6)68-66(70)59-56-53-50-47-44-41-38-36-31-29-26-23-20-17-14-11-8-2/h19-20,22-23,28-31,33-34,37-39,41,55,58,64-65H,7-18,21,24-27,32,35-36,40,42-54,56-57,59-63H2,1-6H3,(H-,68,70,72,73)/b22-19-,23-20-,30-28-,31-29-,34-33-,39-37-,41-38-,58-55+. The van der Waals surface area contributed by atoms with Crippen molar-refractivity contribution in [3.63, 3.8) is 0 Å². The summed E-state index contributed by atoms with van der Waals surface area (Å²) >= 11 is 0. The Morgan fingerprint density at radius 2 is 0.792 bits per heavy atom. The number of amides is 1. The van der Waals surface area contributed by atoms with Crippen LogP contribution in [0.3, 0.4) is 0 Å². The van der Waals surface area contributed by atoms with Gasteiger partial charge >= 0.3 is 5.97 Å². The summed E-state index contributed by atoms with van der Waals surface area (Å²) in [5.74, 6) is -0.590. The van der Waals surface area contributed by atoms with E-state index in [4.69, 9.17) is 13.8 Å². The van der Waals surface area contributed by atoms with Crippen molar-refractivity contribution in [2.24, 2.45) is 0 Å². The molecule has 0 aliphatic carbocycles. The molecule has 0 bridgehead atoms. The van der Waals surface area contributed by atoms with Crippen LogP contribution in [0, 0.1) is 0 Å². The minimum absolute atomic E-state index is 0.0346. The highest BCUT2D eigenvalue weighted by molar-refractivity contribution is 7.45. The molecule has 9 nitrogen and oxygen atoms in total. The van der Waals surface area contributed by atoms with Gasteiger partial charge in [0.15, 0.2) is 0 Å². The molecule has 77 heavy (non-hydrogen) atoms. The van der Waals surface area contributed by atoms with Crippen molar-refractivity contribution >= 4 is 19.7 Å². The van der Waals surface area contributed by atoms with Gasteiger partial charge in [-0.1, -0.05) is 234 Å². The molecule has 0 aliphatic heterocycles. The molecule has 0 aromatic rings. The molecule has 0 heterocycles. The van der Waals surface area contributed by atoms with E-state index in [0.717, 1.165) is 109 Å². The maximum atomic E-state index is 13.5. The average molecular weight is 1100 g/mol. The van der Waals surface area contributed by atoms with Gasteiger partial charge in [0, 0.05) is 12.8 Å². The summed E-state index contributed by atoms with van der Waals surface area (Å²) < 4.78 is 30.3. The van der Waals surface area contributed by atoms with Crippen LogP contribution in [0.2, 0.25) is 0 Å². The third-order valence-corrected chi connectivity index (χ3v) is 14.5. The van der Waals surface area contributed by atoms with Gasteiger partial charge in [-0.15, -0.1) is 0 Å².